The van der Waals surface area contributed by atoms with Crippen LogP contribution in [0.15, 0.2) is 48.5 Å². The van der Waals surface area contributed by atoms with E-state index in [0.29, 0.717) is 17.8 Å². The first-order chi connectivity index (χ1) is 11.1. The van der Waals surface area contributed by atoms with Crippen molar-refractivity contribution in [1.82, 2.24) is 5.32 Å². The Bertz CT molecular complexity index is 763. The number of nitriles is 1. The fourth-order valence-corrected chi connectivity index (χ4v) is 2.12. The van der Waals surface area contributed by atoms with Crippen LogP contribution >= 0.6 is 0 Å². The predicted molar refractivity (Wildman–Crippen MR) is 87.7 cm³/mol. The molecule has 2 rings (SSSR count). The highest BCUT2D eigenvalue weighted by molar-refractivity contribution is 6.05. The lowest BCUT2D eigenvalue weighted by Gasteiger charge is -2.09. The van der Waals surface area contributed by atoms with Gasteiger partial charge in [-0.2, -0.15) is 5.26 Å². The summed E-state index contributed by atoms with van der Waals surface area (Å²) in [6.45, 7) is 2.20. The van der Waals surface area contributed by atoms with Crippen LogP contribution < -0.4 is 10.6 Å². The lowest BCUT2D eigenvalue weighted by molar-refractivity contribution is -0.120. The van der Waals surface area contributed by atoms with Gasteiger partial charge in [0, 0.05) is 17.8 Å². The average molecular weight is 307 g/mol. The predicted octanol–water partition coefficient (Wildman–Crippen LogP) is 2.78. The maximum atomic E-state index is 12.3. The minimum Gasteiger partial charge on any atom is -0.351 e. The number of rotatable bonds is 5. The van der Waals surface area contributed by atoms with Gasteiger partial charge in [0.25, 0.3) is 5.91 Å². The molecule has 0 atom stereocenters. The van der Waals surface area contributed by atoms with Gasteiger partial charge in [-0.25, -0.2) is 0 Å². The number of carbonyl (C=O) groups is 2. The molecule has 0 saturated heterocycles. The third-order valence-corrected chi connectivity index (χ3v) is 3.30. The number of nitrogens with one attached hydrogen (secondary N) is 2. The summed E-state index contributed by atoms with van der Waals surface area (Å²) < 4.78 is 0. The largest absolute Gasteiger partial charge is 0.351 e. The molecule has 23 heavy (non-hydrogen) atoms. The average Bonchev–Trinajstić information content (AvgIpc) is 2.54. The van der Waals surface area contributed by atoms with Gasteiger partial charge in [0.05, 0.1) is 6.07 Å². The first-order valence-corrected chi connectivity index (χ1v) is 7.19. The summed E-state index contributed by atoms with van der Waals surface area (Å²) in [4.78, 5) is 23.6. The lowest BCUT2D eigenvalue weighted by Crippen LogP contribution is -2.22. The van der Waals surface area contributed by atoms with E-state index in [2.05, 4.69) is 10.6 Å². The highest BCUT2D eigenvalue weighted by Crippen LogP contribution is 2.14. The van der Waals surface area contributed by atoms with Crippen LogP contribution in [0.3, 0.4) is 0 Å². The van der Waals surface area contributed by atoms with Crippen molar-refractivity contribution in [3.8, 4) is 6.07 Å². The molecule has 116 valence electrons. The van der Waals surface area contributed by atoms with Gasteiger partial charge in [-0.15, -0.1) is 0 Å². The van der Waals surface area contributed by atoms with Gasteiger partial charge in [-0.3, -0.25) is 9.59 Å². The maximum absolute atomic E-state index is 12.3. The number of nitrogens with zero attached hydrogens (tertiary/aromatic N) is 1. The summed E-state index contributed by atoms with van der Waals surface area (Å²) in [5, 5.41) is 13.9. The van der Waals surface area contributed by atoms with E-state index >= 15 is 0 Å². The number of carbonyl (C=O) groups excluding carboxylic acids is 2. The van der Waals surface area contributed by atoms with E-state index in [1.807, 2.05) is 31.2 Å². The zero-order valence-corrected chi connectivity index (χ0v) is 12.8. The monoisotopic (exact) mass is 307 g/mol. The Morgan fingerprint density at radius 1 is 1.13 bits per heavy atom. The molecule has 5 heteroatoms. The molecule has 2 aromatic rings. The minimum absolute atomic E-state index is 0.163. The van der Waals surface area contributed by atoms with Crippen molar-refractivity contribution in [2.24, 2.45) is 0 Å². The molecule has 2 N–H and O–H groups in total. The van der Waals surface area contributed by atoms with Crippen molar-refractivity contribution >= 4 is 17.5 Å². The van der Waals surface area contributed by atoms with Gasteiger partial charge in [0.2, 0.25) is 5.91 Å². The number of anilines is 1. The van der Waals surface area contributed by atoms with Crippen LogP contribution in [0, 0.1) is 18.3 Å². The van der Waals surface area contributed by atoms with Gasteiger partial charge < -0.3 is 10.6 Å². The first kappa shape index (κ1) is 16.2. The van der Waals surface area contributed by atoms with Crippen LogP contribution in [0.1, 0.15) is 27.9 Å². The van der Waals surface area contributed by atoms with Crippen LogP contribution in [-0.4, -0.2) is 11.8 Å². The van der Waals surface area contributed by atoms with E-state index in [-0.39, 0.29) is 18.2 Å². The summed E-state index contributed by atoms with van der Waals surface area (Å²) >= 11 is 0. The second-order valence-corrected chi connectivity index (χ2v) is 5.08. The summed E-state index contributed by atoms with van der Waals surface area (Å²) in [5.41, 5.74) is 3.04. The third-order valence-electron chi connectivity index (χ3n) is 3.30. The number of hydrogen-bond donors (Lipinski definition) is 2. The summed E-state index contributed by atoms with van der Waals surface area (Å²) in [5.74, 6) is -0.490. The van der Waals surface area contributed by atoms with Crippen molar-refractivity contribution in [2.75, 3.05) is 5.32 Å². The van der Waals surface area contributed by atoms with Crippen molar-refractivity contribution in [1.29, 1.82) is 5.26 Å². The second kappa shape index (κ2) is 7.76. The smallest absolute Gasteiger partial charge is 0.255 e. The van der Waals surface area contributed by atoms with Crippen LogP contribution in [0.25, 0.3) is 0 Å². The van der Waals surface area contributed by atoms with Crippen LogP contribution in [0.4, 0.5) is 5.69 Å². The standard InChI is InChI=1S/C18H17N3O2/c1-13-5-2-3-8-16(13)18(23)21-15-7-4-6-14(11-15)12-20-17(22)9-10-19/h2-8,11H,9,12H2,1H3,(H,20,22)(H,21,23). The molecule has 0 aliphatic rings. The van der Waals surface area contributed by atoms with Crippen LogP contribution in [0.2, 0.25) is 0 Å². The van der Waals surface area contributed by atoms with Gasteiger partial charge in [0.1, 0.15) is 6.42 Å². The molecule has 0 aromatic heterocycles. The topological polar surface area (TPSA) is 82.0 Å². The molecule has 0 spiro atoms. The molecule has 5 nitrogen and oxygen atoms in total. The molecule has 0 aliphatic heterocycles. The van der Waals surface area contributed by atoms with E-state index in [1.54, 1.807) is 30.3 Å². The Labute approximate surface area is 134 Å². The highest BCUT2D eigenvalue weighted by atomic mass is 16.2. The Kier molecular flexibility index (Phi) is 5.48. The fourth-order valence-electron chi connectivity index (χ4n) is 2.12. The number of hydrogen-bond acceptors (Lipinski definition) is 3. The zero-order valence-electron chi connectivity index (χ0n) is 12.8. The molecule has 0 fully saturated rings. The van der Waals surface area contributed by atoms with Crippen LogP contribution in [0.5, 0.6) is 0 Å². The number of benzene rings is 2. The Hall–Kier alpha value is -3.13. The second-order valence-electron chi connectivity index (χ2n) is 5.08. The molecule has 0 unspecified atom stereocenters. The third kappa shape index (κ3) is 4.68. The molecule has 0 aliphatic carbocycles. The number of amides is 2. The quantitative estimate of drug-likeness (QED) is 0.891. The minimum atomic E-state index is -0.318. The molecule has 2 aromatic carbocycles. The van der Waals surface area contributed by atoms with E-state index in [9.17, 15) is 9.59 Å². The van der Waals surface area contributed by atoms with Crippen molar-refractivity contribution in [3.63, 3.8) is 0 Å². The number of aryl methyl sites for hydroxylation is 1. The fraction of sp³-hybridized carbons (Fsp3) is 0.167. The van der Waals surface area contributed by atoms with E-state index < -0.39 is 0 Å². The van der Waals surface area contributed by atoms with Crippen molar-refractivity contribution < 1.29 is 9.59 Å². The van der Waals surface area contributed by atoms with Gasteiger partial charge in [-0.05, 0) is 36.2 Å². The van der Waals surface area contributed by atoms with Crippen LogP contribution in [-0.2, 0) is 11.3 Å². The summed E-state index contributed by atoms with van der Waals surface area (Å²) in [6.07, 6.45) is -0.163. The Balaban J connectivity index is 2.03. The first-order valence-electron chi connectivity index (χ1n) is 7.19. The summed E-state index contributed by atoms with van der Waals surface area (Å²) in [6, 6.07) is 16.4. The molecule has 2 amide bonds. The maximum Gasteiger partial charge on any atom is 0.255 e. The molecule has 0 heterocycles. The van der Waals surface area contributed by atoms with Crippen molar-refractivity contribution in [2.45, 2.75) is 19.9 Å². The lowest BCUT2D eigenvalue weighted by atomic mass is 10.1. The summed E-state index contributed by atoms with van der Waals surface area (Å²) in [7, 11) is 0. The molecular formula is C18H17N3O2. The Morgan fingerprint density at radius 2 is 1.91 bits per heavy atom. The van der Waals surface area contributed by atoms with Crippen molar-refractivity contribution in [3.05, 3.63) is 65.2 Å². The van der Waals surface area contributed by atoms with E-state index in [1.165, 1.54) is 0 Å². The molecule has 0 saturated carbocycles. The molecule has 0 bridgehead atoms. The van der Waals surface area contributed by atoms with Gasteiger partial charge >= 0.3 is 0 Å². The van der Waals surface area contributed by atoms with E-state index in [0.717, 1.165) is 11.1 Å². The molecular weight excluding hydrogens is 290 g/mol. The zero-order chi connectivity index (χ0) is 16.7. The highest BCUT2D eigenvalue weighted by Gasteiger charge is 2.09. The van der Waals surface area contributed by atoms with Gasteiger partial charge in [-0.1, -0.05) is 30.3 Å². The SMILES string of the molecule is Cc1ccccc1C(=O)Nc1cccc(CNC(=O)CC#N)c1. The van der Waals surface area contributed by atoms with Gasteiger partial charge in [0.15, 0.2) is 0 Å². The normalized spacial score (nSPS) is 9.74. The molecule has 0 radical (unpaired) electrons. The Morgan fingerprint density at radius 3 is 2.65 bits per heavy atom. The van der Waals surface area contributed by atoms with E-state index in [4.69, 9.17) is 5.26 Å².